The Morgan fingerprint density at radius 3 is 2.75 bits per heavy atom. The second kappa shape index (κ2) is 6.27. The molecule has 3 rings (SSSR count). The molecule has 1 atom stereocenters. The van der Waals surface area contributed by atoms with Gasteiger partial charge in [0.2, 0.25) is 16.0 Å². The SMILES string of the molecule is COc1ccccc1N1CCC(Nc2nnc(C(F)(F)F)s2)C1=O. The van der Waals surface area contributed by atoms with Gasteiger partial charge in [-0.25, -0.2) is 0 Å². The molecule has 1 aliphatic heterocycles. The van der Waals surface area contributed by atoms with Crippen LogP contribution < -0.4 is 15.0 Å². The van der Waals surface area contributed by atoms with Gasteiger partial charge < -0.3 is 15.0 Å². The van der Waals surface area contributed by atoms with Crippen molar-refractivity contribution >= 4 is 28.1 Å². The second-order valence-corrected chi connectivity index (χ2v) is 6.03. The fourth-order valence-corrected chi connectivity index (χ4v) is 3.11. The van der Waals surface area contributed by atoms with Gasteiger partial charge in [-0.1, -0.05) is 23.5 Å². The monoisotopic (exact) mass is 358 g/mol. The molecule has 1 unspecified atom stereocenters. The van der Waals surface area contributed by atoms with Gasteiger partial charge in [-0.05, 0) is 18.6 Å². The molecule has 1 fully saturated rings. The molecule has 1 N–H and O–H groups in total. The Morgan fingerprint density at radius 1 is 1.33 bits per heavy atom. The van der Waals surface area contributed by atoms with Crippen LogP contribution >= 0.6 is 11.3 Å². The number of ether oxygens (including phenoxy) is 1. The van der Waals surface area contributed by atoms with Crippen LogP contribution in [0.15, 0.2) is 24.3 Å². The zero-order chi connectivity index (χ0) is 17.3. The minimum atomic E-state index is -4.54. The van der Waals surface area contributed by atoms with E-state index in [1.807, 2.05) is 0 Å². The summed E-state index contributed by atoms with van der Waals surface area (Å²) < 4.78 is 42.9. The normalized spacial score (nSPS) is 18.1. The molecule has 0 bridgehead atoms. The van der Waals surface area contributed by atoms with Crippen molar-refractivity contribution in [2.24, 2.45) is 0 Å². The van der Waals surface area contributed by atoms with E-state index in [0.29, 0.717) is 35.7 Å². The third-order valence-electron chi connectivity index (χ3n) is 3.55. The lowest BCUT2D eigenvalue weighted by Crippen LogP contribution is -2.33. The first-order valence-electron chi connectivity index (χ1n) is 7.02. The van der Waals surface area contributed by atoms with Crippen molar-refractivity contribution in [3.63, 3.8) is 0 Å². The first-order valence-corrected chi connectivity index (χ1v) is 7.83. The van der Waals surface area contributed by atoms with Gasteiger partial charge >= 0.3 is 6.18 Å². The molecule has 0 aliphatic carbocycles. The van der Waals surface area contributed by atoms with Gasteiger partial charge in [-0.15, -0.1) is 10.2 Å². The van der Waals surface area contributed by atoms with Crippen LogP contribution in [0.5, 0.6) is 5.75 Å². The second-order valence-electron chi connectivity index (χ2n) is 5.06. The summed E-state index contributed by atoms with van der Waals surface area (Å²) in [7, 11) is 1.51. The number of para-hydroxylation sites is 2. The van der Waals surface area contributed by atoms with Crippen LogP contribution in [0.2, 0.25) is 0 Å². The summed E-state index contributed by atoms with van der Waals surface area (Å²) in [4.78, 5) is 14.1. The standard InChI is InChI=1S/C14H13F3N4O2S/c1-23-10-5-3-2-4-9(10)21-7-6-8(11(21)22)18-13-20-19-12(24-13)14(15,16)17/h2-5,8H,6-7H2,1H3,(H,18,20). The summed E-state index contributed by atoms with van der Waals surface area (Å²) in [5.41, 5.74) is 0.627. The van der Waals surface area contributed by atoms with E-state index in [2.05, 4.69) is 15.5 Å². The Balaban J connectivity index is 1.74. The van der Waals surface area contributed by atoms with Crippen molar-refractivity contribution < 1.29 is 22.7 Å². The Bertz CT molecular complexity index is 750. The van der Waals surface area contributed by atoms with E-state index in [0.717, 1.165) is 0 Å². The van der Waals surface area contributed by atoms with E-state index in [4.69, 9.17) is 4.74 Å². The number of aromatic nitrogens is 2. The highest BCUT2D eigenvalue weighted by molar-refractivity contribution is 7.15. The maximum absolute atomic E-state index is 12.5. The Morgan fingerprint density at radius 2 is 2.08 bits per heavy atom. The Labute approximate surface area is 139 Å². The molecule has 2 heterocycles. The molecule has 0 spiro atoms. The molecular weight excluding hydrogens is 345 g/mol. The predicted molar refractivity (Wildman–Crippen MR) is 82.3 cm³/mol. The van der Waals surface area contributed by atoms with Crippen molar-refractivity contribution in [1.82, 2.24) is 10.2 Å². The highest BCUT2D eigenvalue weighted by Gasteiger charge is 2.38. The number of anilines is 2. The number of halogens is 3. The molecule has 24 heavy (non-hydrogen) atoms. The van der Waals surface area contributed by atoms with Gasteiger partial charge in [0.1, 0.15) is 11.8 Å². The van der Waals surface area contributed by atoms with Crippen molar-refractivity contribution in [3.05, 3.63) is 29.3 Å². The predicted octanol–water partition coefficient (Wildman–Crippen LogP) is 2.78. The lowest BCUT2D eigenvalue weighted by molar-refractivity contribution is -0.138. The largest absolute Gasteiger partial charge is 0.495 e. The Kier molecular flexibility index (Phi) is 4.31. The summed E-state index contributed by atoms with van der Waals surface area (Å²) in [5, 5.41) is 8.21. The van der Waals surface area contributed by atoms with Crippen molar-refractivity contribution in [2.75, 3.05) is 23.9 Å². The van der Waals surface area contributed by atoms with Crippen LogP contribution in [0, 0.1) is 0 Å². The van der Waals surface area contributed by atoms with Gasteiger partial charge in [0.05, 0.1) is 12.8 Å². The van der Waals surface area contributed by atoms with Crippen LogP contribution in [0.25, 0.3) is 0 Å². The highest BCUT2D eigenvalue weighted by atomic mass is 32.1. The Hall–Kier alpha value is -2.36. The quantitative estimate of drug-likeness (QED) is 0.910. The average Bonchev–Trinajstić information content (AvgIpc) is 3.15. The first-order chi connectivity index (χ1) is 11.4. The summed E-state index contributed by atoms with van der Waals surface area (Å²) in [6.07, 6.45) is -4.10. The number of hydrogen-bond acceptors (Lipinski definition) is 6. The number of amides is 1. The van der Waals surface area contributed by atoms with E-state index in [1.165, 1.54) is 7.11 Å². The first kappa shape index (κ1) is 16.5. The smallest absolute Gasteiger partial charge is 0.445 e. The summed E-state index contributed by atoms with van der Waals surface area (Å²) in [5.74, 6) is 0.310. The number of nitrogens with zero attached hydrogens (tertiary/aromatic N) is 3. The van der Waals surface area contributed by atoms with Gasteiger partial charge in [-0.3, -0.25) is 4.79 Å². The number of carbonyl (C=O) groups is 1. The van der Waals surface area contributed by atoms with Crippen LogP contribution in [-0.4, -0.2) is 35.8 Å². The molecule has 1 amide bonds. The van der Waals surface area contributed by atoms with Gasteiger partial charge in [0, 0.05) is 6.54 Å². The summed E-state index contributed by atoms with van der Waals surface area (Å²) in [6, 6.07) is 6.42. The fraction of sp³-hybridized carbons (Fsp3) is 0.357. The molecule has 1 saturated heterocycles. The molecule has 1 aromatic carbocycles. The molecule has 1 aromatic heterocycles. The van der Waals surface area contributed by atoms with Crippen LogP contribution in [-0.2, 0) is 11.0 Å². The molecule has 10 heteroatoms. The van der Waals surface area contributed by atoms with Gasteiger partial charge in [0.15, 0.2) is 0 Å². The molecule has 128 valence electrons. The maximum Gasteiger partial charge on any atom is 0.445 e. The minimum Gasteiger partial charge on any atom is -0.495 e. The highest BCUT2D eigenvalue weighted by Crippen LogP contribution is 2.35. The number of benzene rings is 1. The van der Waals surface area contributed by atoms with E-state index in [1.54, 1.807) is 29.2 Å². The topological polar surface area (TPSA) is 67.3 Å². The van der Waals surface area contributed by atoms with Crippen LogP contribution in [0.1, 0.15) is 11.4 Å². The van der Waals surface area contributed by atoms with E-state index < -0.39 is 17.2 Å². The van der Waals surface area contributed by atoms with Crippen LogP contribution in [0.4, 0.5) is 24.0 Å². The number of hydrogen-bond donors (Lipinski definition) is 1. The summed E-state index contributed by atoms with van der Waals surface area (Å²) >= 11 is 0.380. The number of rotatable bonds is 4. The molecule has 0 radical (unpaired) electrons. The van der Waals surface area contributed by atoms with Crippen molar-refractivity contribution in [3.8, 4) is 5.75 Å². The van der Waals surface area contributed by atoms with Gasteiger partial charge in [0.25, 0.3) is 0 Å². The number of alkyl halides is 3. The molecular formula is C14H13F3N4O2S. The van der Waals surface area contributed by atoms with E-state index in [-0.39, 0.29) is 11.0 Å². The third kappa shape index (κ3) is 3.14. The lowest BCUT2D eigenvalue weighted by atomic mass is 10.2. The summed E-state index contributed by atoms with van der Waals surface area (Å²) in [6.45, 7) is 0.432. The molecule has 1 aliphatic rings. The maximum atomic E-state index is 12.5. The lowest BCUT2D eigenvalue weighted by Gasteiger charge is -2.19. The molecule has 0 saturated carbocycles. The number of carbonyl (C=O) groups excluding carboxylic acids is 1. The van der Waals surface area contributed by atoms with Crippen LogP contribution in [0.3, 0.4) is 0 Å². The average molecular weight is 358 g/mol. The number of nitrogens with one attached hydrogen (secondary N) is 1. The van der Waals surface area contributed by atoms with E-state index >= 15 is 0 Å². The van der Waals surface area contributed by atoms with E-state index in [9.17, 15) is 18.0 Å². The molecule has 6 nitrogen and oxygen atoms in total. The number of methoxy groups -OCH3 is 1. The zero-order valence-corrected chi connectivity index (χ0v) is 13.3. The molecule has 2 aromatic rings. The van der Waals surface area contributed by atoms with Crippen molar-refractivity contribution in [1.29, 1.82) is 0 Å². The minimum absolute atomic E-state index is 0.0254. The van der Waals surface area contributed by atoms with Crippen molar-refractivity contribution in [2.45, 2.75) is 18.6 Å². The third-order valence-corrected chi connectivity index (χ3v) is 4.45. The zero-order valence-electron chi connectivity index (χ0n) is 12.5. The fourth-order valence-electron chi connectivity index (χ4n) is 2.45. The van der Waals surface area contributed by atoms with Gasteiger partial charge in [-0.2, -0.15) is 13.2 Å².